The first-order valence-corrected chi connectivity index (χ1v) is 4.16. The van der Waals surface area contributed by atoms with E-state index >= 15 is 0 Å². The van der Waals surface area contributed by atoms with Crippen molar-refractivity contribution in [2.45, 2.75) is 5.38 Å². The van der Waals surface area contributed by atoms with Crippen LogP contribution in [0, 0.1) is 11.3 Å². The molecule has 1 saturated heterocycles. The van der Waals surface area contributed by atoms with Crippen molar-refractivity contribution in [1.82, 2.24) is 10.2 Å². The molecule has 0 aliphatic carbocycles. The van der Waals surface area contributed by atoms with Crippen LogP contribution in [0.4, 0.5) is 0 Å². The van der Waals surface area contributed by atoms with Crippen LogP contribution in [0.3, 0.4) is 0 Å². The summed E-state index contributed by atoms with van der Waals surface area (Å²) in [4.78, 5) is 2.17. The molecule has 1 heterocycles. The Morgan fingerprint density at radius 3 is 2.73 bits per heavy atom. The second-order valence-electron chi connectivity index (χ2n) is 2.57. The highest BCUT2D eigenvalue weighted by Gasteiger charge is 2.13. The Morgan fingerprint density at radius 2 is 2.18 bits per heavy atom. The van der Waals surface area contributed by atoms with Crippen LogP contribution in [0.2, 0.25) is 0 Å². The van der Waals surface area contributed by atoms with Gasteiger partial charge in [-0.15, -0.1) is 11.6 Å². The number of piperazine rings is 1. The molecule has 11 heavy (non-hydrogen) atoms. The van der Waals surface area contributed by atoms with Gasteiger partial charge in [-0.1, -0.05) is 0 Å². The van der Waals surface area contributed by atoms with Crippen molar-refractivity contribution in [3.8, 4) is 6.07 Å². The summed E-state index contributed by atoms with van der Waals surface area (Å²) in [6, 6.07) is 2.01. The third kappa shape index (κ3) is 3.06. The van der Waals surface area contributed by atoms with E-state index < -0.39 is 0 Å². The van der Waals surface area contributed by atoms with Gasteiger partial charge in [0.15, 0.2) is 0 Å². The second-order valence-corrected chi connectivity index (χ2v) is 3.09. The molecular formula is C7H11ClN3. The number of nitriles is 1. The molecule has 0 amide bonds. The monoisotopic (exact) mass is 172 g/mol. The Balaban J connectivity index is 2.20. The Labute approximate surface area is 71.9 Å². The van der Waals surface area contributed by atoms with E-state index in [4.69, 9.17) is 16.9 Å². The van der Waals surface area contributed by atoms with E-state index in [0.29, 0.717) is 6.54 Å². The topological polar surface area (TPSA) is 41.1 Å². The minimum atomic E-state index is -0.368. The molecule has 1 fully saturated rings. The number of halogens is 1. The van der Waals surface area contributed by atoms with Gasteiger partial charge >= 0.3 is 0 Å². The highest BCUT2D eigenvalue weighted by atomic mass is 35.5. The molecule has 0 bridgehead atoms. The molecule has 0 spiro atoms. The minimum Gasteiger partial charge on any atom is -0.298 e. The zero-order valence-electron chi connectivity index (χ0n) is 6.33. The van der Waals surface area contributed by atoms with E-state index in [0.717, 1.165) is 26.2 Å². The number of nitrogens with zero attached hydrogens (tertiary/aromatic N) is 3. The second kappa shape index (κ2) is 4.55. The van der Waals surface area contributed by atoms with Crippen LogP contribution in [0.5, 0.6) is 0 Å². The smallest absolute Gasteiger partial charge is 0.133 e. The highest BCUT2D eigenvalue weighted by Crippen LogP contribution is 2.00. The fourth-order valence-corrected chi connectivity index (χ4v) is 1.29. The Morgan fingerprint density at radius 1 is 1.55 bits per heavy atom. The van der Waals surface area contributed by atoms with Gasteiger partial charge in [-0.3, -0.25) is 4.90 Å². The van der Waals surface area contributed by atoms with Crippen molar-refractivity contribution in [3.05, 3.63) is 0 Å². The van der Waals surface area contributed by atoms with Crippen molar-refractivity contribution in [3.63, 3.8) is 0 Å². The largest absolute Gasteiger partial charge is 0.298 e. The summed E-state index contributed by atoms with van der Waals surface area (Å²) in [7, 11) is 0. The summed E-state index contributed by atoms with van der Waals surface area (Å²) < 4.78 is 0. The minimum absolute atomic E-state index is 0.368. The molecule has 4 heteroatoms. The highest BCUT2D eigenvalue weighted by molar-refractivity contribution is 6.22. The maximum absolute atomic E-state index is 8.43. The van der Waals surface area contributed by atoms with Crippen LogP contribution >= 0.6 is 11.6 Å². The number of rotatable bonds is 2. The first kappa shape index (κ1) is 8.79. The molecule has 0 N–H and O–H groups in total. The van der Waals surface area contributed by atoms with Crippen molar-refractivity contribution in [2.24, 2.45) is 0 Å². The first-order valence-electron chi connectivity index (χ1n) is 3.72. The fourth-order valence-electron chi connectivity index (χ4n) is 1.10. The van der Waals surface area contributed by atoms with Crippen LogP contribution in [0.15, 0.2) is 0 Å². The maximum Gasteiger partial charge on any atom is 0.133 e. The van der Waals surface area contributed by atoms with Gasteiger partial charge in [0, 0.05) is 32.7 Å². The molecule has 0 saturated carbocycles. The summed E-state index contributed by atoms with van der Waals surface area (Å²) in [5.74, 6) is 0. The molecular weight excluding hydrogens is 162 g/mol. The molecule has 1 unspecified atom stereocenters. The lowest BCUT2D eigenvalue weighted by Crippen LogP contribution is -2.42. The van der Waals surface area contributed by atoms with Gasteiger partial charge in [0.1, 0.15) is 5.38 Å². The molecule has 3 nitrogen and oxygen atoms in total. The summed E-state index contributed by atoms with van der Waals surface area (Å²) in [5, 5.41) is 12.3. The van der Waals surface area contributed by atoms with Gasteiger partial charge in [0.2, 0.25) is 0 Å². The molecule has 0 aromatic heterocycles. The van der Waals surface area contributed by atoms with E-state index in [1.165, 1.54) is 0 Å². The summed E-state index contributed by atoms with van der Waals surface area (Å²) >= 11 is 5.67. The molecule has 1 rings (SSSR count). The van der Waals surface area contributed by atoms with E-state index in [9.17, 15) is 0 Å². The van der Waals surface area contributed by atoms with Crippen molar-refractivity contribution >= 4 is 11.6 Å². The molecule has 0 aromatic rings. The van der Waals surface area contributed by atoms with Crippen LogP contribution < -0.4 is 5.32 Å². The zero-order valence-corrected chi connectivity index (χ0v) is 7.09. The number of hydrogen-bond donors (Lipinski definition) is 0. The Kier molecular flexibility index (Phi) is 3.64. The average Bonchev–Trinajstić information content (AvgIpc) is 2.06. The van der Waals surface area contributed by atoms with E-state index in [1.54, 1.807) is 0 Å². The average molecular weight is 173 g/mol. The van der Waals surface area contributed by atoms with Gasteiger partial charge in [-0.05, 0) is 0 Å². The molecule has 61 valence electrons. The standard InChI is InChI=1S/C7H11ClN3/c8-7(5-9)6-11-3-1-10-2-4-11/h7H,1-4,6H2. The fraction of sp³-hybridized carbons (Fsp3) is 0.857. The number of alkyl halides is 1. The maximum atomic E-state index is 8.43. The van der Waals surface area contributed by atoms with E-state index in [2.05, 4.69) is 10.2 Å². The van der Waals surface area contributed by atoms with Crippen LogP contribution in [0.1, 0.15) is 0 Å². The van der Waals surface area contributed by atoms with Gasteiger partial charge in [0.05, 0.1) is 6.07 Å². The van der Waals surface area contributed by atoms with Gasteiger partial charge in [-0.2, -0.15) is 5.26 Å². The van der Waals surface area contributed by atoms with Crippen molar-refractivity contribution in [1.29, 1.82) is 5.26 Å². The first-order chi connectivity index (χ1) is 5.33. The summed E-state index contributed by atoms with van der Waals surface area (Å²) in [6.45, 7) is 4.34. The molecule has 1 aliphatic rings. The normalized spacial score (nSPS) is 22.5. The lowest BCUT2D eigenvalue weighted by molar-refractivity contribution is 0.245. The summed E-state index contributed by atoms with van der Waals surface area (Å²) in [6.07, 6.45) is 0. The van der Waals surface area contributed by atoms with E-state index in [-0.39, 0.29) is 5.38 Å². The molecule has 1 aliphatic heterocycles. The zero-order chi connectivity index (χ0) is 8.10. The predicted molar refractivity (Wildman–Crippen MR) is 43.6 cm³/mol. The molecule has 1 atom stereocenters. The SMILES string of the molecule is N#CC(Cl)CN1CC[N]CC1. The van der Waals surface area contributed by atoms with Crippen LogP contribution in [-0.2, 0) is 0 Å². The third-order valence-electron chi connectivity index (χ3n) is 1.71. The Bertz CT molecular complexity index is 148. The predicted octanol–water partition coefficient (Wildman–Crippen LogP) is 0.0374. The lowest BCUT2D eigenvalue weighted by atomic mass is 10.3. The van der Waals surface area contributed by atoms with Crippen molar-refractivity contribution < 1.29 is 0 Å². The molecule has 1 radical (unpaired) electrons. The van der Waals surface area contributed by atoms with Crippen LogP contribution in [-0.4, -0.2) is 43.0 Å². The number of hydrogen-bond acceptors (Lipinski definition) is 2. The molecule has 0 aromatic carbocycles. The lowest BCUT2D eigenvalue weighted by Gasteiger charge is -2.26. The van der Waals surface area contributed by atoms with Crippen LogP contribution in [0.25, 0.3) is 0 Å². The quantitative estimate of drug-likeness (QED) is 0.552. The van der Waals surface area contributed by atoms with Crippen molar-refractivity contribution in [2.75, 3.05) is 32.7 Å². The van der Waals surface area contributed by atoms with Gasteiger partial charge in [-0.25, -0.2) is 5.32 Å². The van der Waals surface area contributed by atoms with E-state index in [1.807, 2.05) is 6.07 Å². The summed E-state index contributed by atoms with van der Waals surface area (Å²) in [5.41, 5.74) is 0. The van der Waals surface area contributed by atoms with Gasteiger partial charge < -0.3 is 0 Å². The third-order valence-corrected chi connectivity index (χ3v) is 1.94. The van der Waals surface area contributed by atoms with Gasteiger partial charge in [0.25, 0.3) is 0 Å². The Hall–Kier alpha value is -0.300.